The van der Waals surface area contributed by atoms with Gasteiger partial charge in [0.2, 0.25) is 17.3 Å². The van der Waals surface area contributed by atoms with Crippen molar-refractivity contribution >= 4 is 63.1 Å². The maximum atomic E-state index is 16.7. The van der Waals surface area contributed by atoms with E-state index in [2.05, 4.69) is 0 Å². The predicted octanol–water partition coefficient (Wildman–Crippen LogP) is 9.43. The molecule has 3 aromatic carbocycles. The fraction of sp³-hybridized carbons (Fsp3) is 0.438. The van der Waals surface area contributed by atoms with Crippen molar-refractivity contribution < 1.29 is 78.8 Å². The second-order valence-corrected chi connectivity index (χ2v) is 24.7. The van der Waals surface area contributed by atoms with Gasteiger partial charge in [0.25, 0.3) is 40.5 Å². The number of allylic oxidation sites excluding steroid dienone is 8. The van der Waals surface area contributed by atoms with Crippen LogP contribution < -0.4 is 9.64 Å². The van der Waals surface area contributed by atoms with Crippen molar-refractivity contribution in [1.29, 1.82) is 0 Å². The molecular weight excluding hydrogens is 1020 g/mol. The fourth-order valence-corrected chi connectivity index (χ4v) is 11.6. The largest absolute Gasteiger partial charge is 0.487 e. The first kappa shape index (κ1) is 55.6. The molecular formula is C48H57F4N2O13S4+. The molecule has 3 aliphatic rings. The molecule has 23 heteroatoms. The van der Waals surface area contributed by atoms with E-state index >= 15 is 17.6 Å². The number of halogens is 4. The van der Waals surface area contributed by atoms with Crippen LogP contribution in [0, 0.1) is 23.3 Å². The summed E-state index contributed by atoms with van der Waals surface area (Å²) in [6.07, 6.45) is 8.21. The Morgan fingerprint density at radius 1 is 0.690 bits per heavy atom. The van der Waals surface area contributed by atoms with E-state index < -0.39 is 107 Å². The summed E-state index contributed by atoms with van der Waals surface area (Å²) in [4.78, 5) is 0.973. The monoisotopic (exact) mass is 1070 g/mol. The van der Waals surface area contributed by atoms with Crippen LogP contribution in [0.5, 0.6) is 5.75 Å². The number of benzene rings is 3. The standard InChI is InChI=1S/C48H56F4N2O13S4/c1-6-7-25-67-46-44(51)42(49)41(43(50)45(46)52)40-30(15-21-38-47(2,3)34-28-32(70(61,62)63)17-19-36(34)53(38)23-8-10-26-68(55,56)57)13-12-14-31(40)16-22-39-48(4,5)35-29-33(71(64,65)66)18-20-37(35)54(39)24-9-11-27-69(58,59)60/h15-22,28-29H,6-14,23-27H2,1-5H3,(H3-,55,56,57,58,59,60,61,62,63,64,65,66)/p+1. The first-order valence-corrected chi connectivity index (χ1v) is 28.9. The third-order valence-electron chi connectivity index (χ3n) is 13.0. The minimum Gasteiger partial charge on any atom is -0.487 e. The van der Waals surface area contributed by atoms with Crippen molar-refractivity contribution in [3.8, 4) is 5.75 Å². The van der Waals surface area contributed by atoms with Crippen LogP contribution in [0.4, 0.5) is 28.9 Å². The SMILES string of the molecule is CCCCOc1c(F)c(F)c(C2=C(/C=C/C3=[N+](CCCCS(=O)(=O)O)c4ccc(S(=O)(=O)O)cc4C3(C)C)CCC/C2=C\C=C2\N(CCCCS(=O)(=O)O)c3ccc(S(=O)(=O)O)cc3C2(C)C)c(F)c1F. The summed E-state index contributed by atoms with van der Waals surface area (Å²) in [5.74, 6) is -9.31. The molecule has 3 aromatic rings. The molecule has 15 nitrogen and oxygen atoms in total. The fourth-order valence-electron chi connectivity index (χ4n) is 9.44. The topological polar surface area (TPSA) is 233 Å². The number of unbranched alkanes of at least 4 members (excludes halogenated alkanes) is 3. The van der Waals surface area contributed by atoms with Gasteiger partial charge in [-0.2, -0.15) is 47.0 Å². The molecule has 2 heterocycles. The number of fused-ring (bicyclic) bond motifs is 2. The second-order valence-electron chi connectivity index (χ2n) is 18.7. The average molecular weight is 1070 g/mol. The zero-order valence-corrected chi connectivity index (χ0v) is 42.9. The van der Waals surface area contributed by atoms with Gasteiger partial charge in [0.05, 0.1) is 38.9 Å². The summed E-state index contributed by atoms with van der Waals surface area (Å²) in [7, 11) is -18.0. The van der Waals surface area contributed by atoms with E-state index in [0.717, 1.165) is 0 Å². The van der Waals surface area contributed by atoms with Crippen LogP contribution in [0.25, 0.3) is 5.57 Å². The van der Waals surface area contributed by atoms with Gasteiger partial charge in [-0.15, -0.1) is 0 Å². The molecule has 0 bridgehead atoms. The quantitative estimate of drug-likeness (QED) is 0.0271. The molecule has 4 N–H and O–H groups in total. The number of rotatable bonds is 20. The molecule has 388 valence electrons. The average Bonchev–Trinajstić information content (AvgIpc) is 3.61. The lowest BCUT2D eigenvalue weighted by molar-refractivity contribution is -0.438. The Bertz CT molecular complexity index is 3230. The van der Waals surface area contributed by atoms with Crippen LogP contribution in [0.1, 0.15) is 109 Å². The van der Waals surface area contributed by atoms with E-state index in [4.69, 9.17) is 4.74 Å². The van der Waals surface area contributed by atoms with Crippen LogP contribution in [-0.4, -0.2) is 93.4 Å². The Balaban J connectivity index is 1.58. The van der Waals surface area contributed by atoms with Gasteiger partial charge in [-0.3, -0.25) is 18.2 Å². The first-order valence-electron chi connectivity index (χ1n) is 22.8. The highest BCUT2D eigenvalue weighted by molar-refractivity contribution is 7.86. The molecule has 0 spiro atoms. The lowest BCUT2D eigenvalue weighted by Crippen LogP contribution is -2.28. The van der Waals surface area contributed by atoms with Gasteiger partial charge in [-0.1, -0.05) is 39.3 Å². The van der Waals surface area contributed by atoms with Crippen molar-refractivity contribution in [2.24, 2.45) is 0 Å². The minimum atomic E-state index is -4.67. The molecule has 1 aliphatic carbocycles. The number of ether oxygens (including phenoxy) is 1. The van der Waals surface area contributed by atoms with Crippen LogP contribution in [-0.2, 0) is 51.3 Å². The Morgan fingerprint density at radius 2 is 1.27 bits per heavy atom. The van der Waals surface area contributed by atoms with Crippen molar-refractivity contribution in [2.45, 2.75) is 113 Å². The van der Waals surface area contributed by atoms with Gasteiger partial charge in [-0.25, -0.2) is 8.78 Å². The van der Waals surface area contributed by atoms with Gasteiger partial charge in [-0.05, 0) is 117 Å². The van der Waals surface area contributed by atoms with Crippen molar-refractivity contribution in [2.75, 3.05) is 36.1 Å². The summed E-state index contributed by atoms with van der Waals surface area (Å²) >= 11 is 0. The molecule has 0 atom stereocenters. The first-order chi connectivity index (χ1) is 32.9. The van der Waals surface area contributed by atoms with Crippen molar-refractivity contribution in [3.05, 3.63) is 118 Å². The lowest BCUT2D eigenvalue weighted by atomic mass is 9.79. The maximum Gasteiger partial charge on any atom is 0.294 e. The summed E-state index contributed by atoms with van der Waals surface area (Å²) in [5.41, 5.74) is -0.0748. The van der Waals surface area contributed by atoms with E-state index in [9.17, 15) is 51.9 Å². The van der Waals surface area contributed by atoms with Crippen LogP contribution in [0.15, 0.2) is 87.3 Å². The maximum absolute atomic E-state index is 16.7. The van der Waals surface area contributed by atoms with Crippen LogP contribution >= 0.6 is 0 Å². The van der Waals surface area contributed by atoms with Gasteiger partial charge in [0.1, 0.15) is 6.54 Å². The summed E-state index contributed by atoms with van der Waals surface area (Å²) in [6.45, 7) is 8.82. The van der Waals surface area contributed by atoms with Crippen LogP contribution in [0.3, 0.4) is 0 Å². The van der Waals surface area contributed by atoms with E-state index in [-0.39, 0.29) is 74.9 Å². The third-order valence-corrected chi connectivity index (χ3v) is 16.3. The van der Waals surface area contributed by atoms with Crippen LogP contribution in [0.2, 0.25) is 0 Å². The highest BCUT2D eigenvalue weighted by Crippen LogP contribution is 2.50. The van der Waals surface area contributed by atoms with Gasteiger partial charge in [0, 0.05) is 47.5 Å². The normalized spacial score (nSPS) is 18.4. The number of anilines is 1. The number of hydrogen-bond donors (Lipinski definition) is 4. The molecule has 0 fully saturated rings. The van der Waals surface area contributed by atoms with Gasteiger partial charge < -0.3 is 9.64 Å². The molecule has 0 saturated heterocycles. The summed E-state index contributed by atoms with van der Waals surface area (Å²) in [5, 5.41) is 0. The molecule has 6 rings (SSSR count). The van der Waals surface area contributed by atoms with E-state index in [1.54, 1.807) is 56.2 Å². The molecule has 2 aliphatic heterocycles. The van der Waals surface area contributed by atoms with E-state index in [0.29, 0.717) is 53.2 Å². The molecule has 0 aromatic heterocycles. The Hall–Kier alpha value is -4.75. The zero-order chi connectivity index (χ0) is 52.6. The second kappa shape index (κ2) is 21.0. The third kappa shape index (κ3) is 12.2. The Labute approximate surface area is 412 Å². The van der Waals surface area contributed by atoms with Crippen molar-refractivity contribution in [3.63, 3.8) is 0 Å². The highest BCUT2D eigenvalue weighted by Gasteiger charge is 2.45. The van der Waals surface area contributed by atoms with Crippen molar-refractivity contribution in [1.82, 2.24) is 0 Å². The predicted molar refractivity (Wildman–Crippen MR) is 260 cm³/mol. The molecule has 0 amide bonds. The molecule has 0 unspecified atom stereocenters. The van der Waals surface area contributed by atoms with E-state index in [1.807, 2.05) is 0 Å². The zero-order valence-electron chi connectivity index (χ0n) is 39.7. The molecule has 0 radical (unpaired) electrons. The smallest absolute Gasteiger partial charge is 0.294 e. The van der Waals surface area contributed by atoms with E-state index in [1.165, 1.54) is 48.6 Å². The lowest BCUT2D eigenvalue weighted by Gasteiger charge is -2.28. The highest BCUT2D eigenvalue weighted by atomic mass is 32.2. The molecule has 71 heavy (non-hydrogen) atoms. The summed E-state index contributed by atoms with van der Waals surface area (Å²) < 4.78 is 206. The minimum absolute atomic E-state index is 0.0313. The Morgan fingerprint density at radius 3 is 1.85 bits per heavy atom. The van der Waals surface area contributed by atoms with Gasteiger partial charge >= 0.3 is 0 Å². The number of hydrogen-bond acceptors (Lipinski definition) is 10. The Kier molecular flexibility index (Phi) is 16.4. The van der Waals surface area contributed by atoms with Gasteiger partial charge in [0.15, 0.2) is 23.1 Å². The summed E-state index contributed by atoms with van der Waals surface area (Å²) in [6, 6.07) is 7.90. The molecule has 0 saturated carbocycles. The number of nitrogens with zero attached hydrogens (tertiary/aromatic N) is 2.